The highest BCUT2D eigenvalue weighted by molar-refractivity contribution is 9.10. The molecule has 5 nitrogen and oxygen atoms in total. The van der Waals surface area contributed by atoms with E-state index in [2.05, 4.69) is 36.5 Å². The number of piperidine rings is 1. The van der Waals surface area contributed by atoms with E-state index in [0.29, 0.717) is 5.69 Å². The largest absolute Gasteiger partial charge is 0.348 e. The summed E-state index contributed by atoms with van der Waals surface area (Å²) in [5.74, 6) is 1.46. The number of nitrogens with zero attached hydrogens (tertiary/aromatic N) is 2. The Morgan fingerprint density at radius 1 is 1.21 bits per heavy atom. The zero-order valence-electron chi connectivity index (χ0n) is 13.5. The standard InChI is InChI=1S/C18H21BrN4O/c19-15-10-21-9-13-2-4-16(23-17(13)15)18(24)22-14-3-1-12-8-20-6-5-11(12)7-14/h2,4,9-12,14,20H,1,3,5-8H2,(H,22,24). The molecular weight excluding hydrogens is 368 g/mol. The summed E-state index contributed by atoms with van der Waals surface area (Å²) in [5.41, 5.74) is 1.25. The smallest absolute Gasteiger partial charge is 0.270 e. The minimum Gasteiger partial charge on any atom is -0.348 e. The zero-order valence-corrected chi connectivity index (χ0v) is 15.1. The molecule has 0 aromatic carbocycles. The second-order valence-corrected chi connectivity index (χ2v) is 7.74. The van der Waals surface area contributed by atoms with E-state index < -0.39 is 0 Å². The van der Waals surface area contributed by atoms with E-state index in [-0.39, 0.29) is 11.9 Å². The molecule has 0 bridgehead atoms. The first-order chi connectivity index (χ1) is 11.7. The van der Waals surface area contributed by atoms with Crippen molar-refractivity contribution in [3.63, 3.8) is 0 Å². The minimum absolute atomic E-state index is 0.0713. The van der Waals surface area contributed by atoms with Crippen LogP contribution in [0.3, 0.4) is 0 Å². The average molecular weight is 389 g/mol. The Labute approximate surface area is 149 Å². The zero-order chi connectivity index (χ0) is 16.5. The Balaban J connectivity index is 1.47. The van der Waals surface area contributed by atoms with Crippen LogP contribution in [0.2, 0.25) is 0 Å². The third-order valence-electron chi connectivity index (χ3n) is 5.36. The van der Waals surface area contributed by atoms with Gasteiger partial charge in [-0.2, -0.15) is 0 Å². The molecule has 126 valence electrons. The molecule has 1 amide bonds. The van der Waals surface area contributed by atoms with Crippen molar-refractivity contribution in [2.24, 2.45) is 11.8 Å². The van der Waals surface area contributed by atoms with Gasteiger partial charge in [-0.3, -0.25) is 9.78 Å². The van der Waals surface area contributed by atoms with Crippen LogP contribution < -0.4 is 10.6 Å². The van der Waals surface area contributed by atoms with E-state index in [4.69, 9.17) is 0 Å². The Hall–Kier alpha value is -1.53. The Morgan fingerprint density at radius 2 is 2.12 bits per heavy atom. The van der Waals surface area contributed by atoms with E-state index in [0.717, 1.165) is 53.1 Å². The van der Waals surface area contributed by atoms with Gasteiger partial charge in [0.25, 0.3) is 5.91 Å². The van der Waals surface area contributed by atoms with E-state index in [9.17, 15) is 4.79 Å². The van der Waals surface area contributed by atoms with Gasteiger partial charge in [0.1, 0.15) is 5.69 Å². The molecule has 2 aliphatic rings. The highest BCUT2D eigenvalue weighted by Gasteiger charge is 2.32. The quantitative estimate of drug-likeness (QED) is 0.829. The van der Waals surface area contributed by atoms with Crippen molar-refractivity contribution in [1.29, 1.82) is 0 Å². The van der Waals surface area contributed by atoms with Crippen molar-refractivity contribution >= 4 is 32.7 Å². The first kappa shape index (κ1) is 16.0. The van der Waals surface area contributed by atoms with Crippen molar-refractivity contribution in [2.75, 3.05) is 13.1 Å². The molecule has 0 radical (unpaired) electrons. The van der Waals surface area contributed by atoms with E-state index in [1.165, 1.54) is 12.8 Å². The summed E-state index contributed by atoms with van der Waals surface area (Å²) in [4.78, 5) is 21.3. The van der Waals surface area contributed by atoms with Crippen LogP contribution in [0, 0.1) is 11.8 Å². The second kappa shape index (κ2) is 6.76. The molecule has 2 N–H and O–H groups in total. The van der Waals surface area contributed by atoms with Gasteiger partial charge >= 0.3 is 0 Å². The first-order valence-corrected chi connectivity index (χ1v) is 9.42. The fourth-order valence-electron chi connectivity index (χ4n) is 4.05. The molecule has 1 aliphatic carbocycles. The Kier molecular flexibility index (Phi) is 4.50. The van der Waals surface area contributed by atoms with E-state index in [1.807, 2.05) is 6.07 Å². The monoisotopic (exact) mass is 388 g/mol. The number of hydrogen-bond acceptors (Lipinski definition) is 4. The highest BCUT2D eigenvalue weighted by Crippen LogP contribution is 2.34. The second-order valence-electron chi connectivity index (χ2n) is 6.89. The minimum atomic E-state index is -0.0713. The maximum atomic E-state index is 12.6. The predicted octanol–water partition coefficient (Wildman–Crippen LogP) is 2.90. The van der Waals surface area contributed by atoms with E-state index in [1.54, 1.807) is 18.5 Å². The summed E-state index contributed by atoms with van der Waals surface area (Å²) in [5, 5.41) is 7.61. The summed E-state index contributed by atoms with van der Waals surface area (Å²) in [6, 6.07) is 3.95. The molecule has 4 rings (SSSR count). The molecule has 3 heterocycles. The lowest BCUT2D eigenvalue weighted by molar-refractivity contribution is 0.0884. The molecular formula is C18H21BrN4O. The number of nitrogens with one attached hydrogen (secondary N) is 2. The van der Waals surface area contributed by atoms with Crippen LogP contribution in [-0.4, -0.2) is 35.0 Å². The van der Waals surface area contributed by atoms with Crippen LogP contribution in [0.25, 0.3) is 10.9 Å². The number of pyridine rings is 2. The number of fused-ring (bicyclic) bond motifs is 2. The van der Waals surface area contributed by atoms with Gasteiger partial charge in [-0.05, 0) is 78.7 Å². The van der Waals surface area contributed by atoms with Gasteiger partial charge in [-0.25, -0.2) is 4.98 Å². The van der Waals surface area contributed by atoms with Crippen molar-refractivity contribution in [3.8, 4) is 0 Å². The lowest BCUT2D eigenvalue weighted by Gasteiger charge is -2.39. The predicted molar refractivity (Wildman–Crippen MR) is 96.8 cm³/mol. The summed E-state index contributed by atoms with van der Waals surface area (Å²) in [6.45, 7) is 2.25. The van der Waals surface area contributed by atoms with Crippen LogP contribution in [-0.2, 0) is 0 Å². The van der Waals surface area contributed by atoms with Crippen LogP contribution in [0.5, 0.6) is 0 Å². The summed E-state index contributed by atoms with van der Waals surface area (Å²) in [7, 11) is 0. The third kappa shape index (κ3) is 3.17. The fourth-order valence-corrected chi connectivity index (χ4v) is 4.49. The maximum absolute atomic E-state index is 12.6. The van der Waals surface area contributed by atoms with Gasteiger partial charge in [0.15, 0.2) is 0 Å². The Bertz CT molecular complexity index is 766. The molecule has 3 unspecified atom stereocenters. The fraction of sp³-hybridized carbons (Fsp3) is 0.500. The molecule has 1 saturated carbocycles. The molecule has 2 fully saturated rings. The molecule has 2 aromatic rings. The summed E-state index contributed by atoms with van der Waals surface area (Å²) >= 11 is 3.45. The van der Waals surface area contributed by atoms with Crippen LogP contribution in [0.15, 0.2) is 29.0 Å². The van der Waals surface area contributed by atoms with Crippen molar-refractivity contribution < 1.29 is 4.79 Å². The summed E-state index contributed by atoms with van der Waals surface area (Å²) in [6.07, 6.45) is 8.05. The first-order valence-electron chi connectivity index (χ1n) is 8.62. The van der Waals surface area contributed by atoms with Gasteiger partial charge in [0.2, 0.25) is 0 Å². The lowest BCUT2D eigenvalue weighted by Crippen LogP contribution is -2.46. The van der Waals surface area contributed by atoms with E-state index >= 15 is 0 Å². The molecule has 0 spiro atoms. The number of hydrogen-bond donors (Lipinski definition) is 2. The Morgan fingerprint density at radius 3 is 3.04 bits per heavy atom. The number of carbonyl (C=O) groups is 1. The molecule has 3 atom stereocenters. The number of amides is 1. The van der Waals surface area contributed by atoms with Gasteiger partial charge in [0, 0.05) is 23.8 Å². The van der Waals surface area contributed by atoms with Gasteiger partial charge in [0.05, 0.1) is 9.99 Å². The molecule has 2 aromatic heterocycles. The number of halogens is 1. The summed E-state index contributed by atoms with van der Waals surface area (Å²) < 4.78 is 0.810. The van der Waals surface area contributed by atoms with Gasteiger partial charge < -0.3 is 10.6 Å². The molecule has 6 heteroatoms. The van der Waals surface area contributed by atoms with Crippen molar-refractivity contribution in [1.82, 2.24) is 20.6 Å². The highest BCUT2D eigenvalue weighted by atomic mass is 79.9. The van der Waals surface area contributed by atoms with Crippen LogP contribution >= 0.6 is 15.9 Å². The topological polar surface area (TPSA) is 66.9 Å². The normalized spacial score (nSPS) is 26.8. The molecule has 1 aliphatic heterocycles. The van der Waals surface area contributed by atoms with Crippen LogP contribution in [0.4, 0.5) is 0 Å². The SMILES string of the molecule is O=C(NC1CCC2CNCCC2C1)c1ccc2cncc(Br)c2n1. The number of rotatable bonds is 2. The molecule has 1 saturated heterocycles. The maximum Gasteiger partial charge on any atom is 0.270 e. The number of carbonyl (C=O) groups excluding carboxylic acids is 1. The van der Waals surface area contributed by atoms with Crippen LogP contribution in [0.1, 0.15) is 36.2 Å². The molecule has 24 heavy (non-hydrogen) atoms. The average Bonchev–Trinajstić information content (AvgIpc) is 2.62. The lowest BCUT2D eigenvalue weighted by atomic mass is 9.73. The van der Waals surface area contributed by atoms with Gasteiger partial charge in [-0.15, -0.1) is 0 Å². The van der Waals surface area contributed by atoms with Crippen molar-refractivity contribution in [2.45, 2.75) is 31.7 Å². The van der Waals surface area contributed by atoms with Crippen molar-refractivity contribution in [3.05, 3.63) is 34.7 Å². The van der Waals surface area contributed by atoms with Gasteiger partial charge in [-0.1, -0.05) is 0 Å². The third-order valence-corrected chi connectivity index (χ3v) is 5.94. The number of aromatic nitrogens is 2.